The maximum Gasteiger partial charge on any atom is 0.348 e. The molecule has 1 aliphatic rings. The van der Waals surface area contributed by atoms with Gasteiger partial charge < -0.3 is 19.1 Å². The number of carbonyl (C=O) groups excluding carboxylic acids is 3. The number of rotatable bonds is 10. The average Bonchev–Trinajstić information content (AvgIpc) is 3.06. The fraction of sp³-hybridized carbons (Fsp3) is 0.381. The Balaban J connectivity index is 2.27. The normalized spacial score (nSPS) is 12.2. The van der Waals surface area contributed by atoms with E-state index in [1.54, 1.807) is 13.8 Å². The third kappa shape index (κ3) is 5.87. The lowest BCUT2D eigenvalue weighted by atomic mass is 10.2. The number of hydrogen-bond acceptors (Lipinski definition) is 8. The van der Waals surface area contributed by atoms with E-state index in [9.17, 15) is 14.4 Å². The van der Waals surface area contributed by atoms with E-state index in [0.717, 1.165) is 16.7 Å². The van der Waals surface area contributed by atoms with Gasteiger partial charge in [0.2, 0.25) is 0 Å². The molecule has 1 aliphatic heterocycles. The molecule has 0 radical (unpaired) electrons. The van der Waals surface area contributed by atoms with Gasteiger partial charge in [-0.15, -0.1) is 0 Å². The van der Waals surface area contributed by atoms with Crippen LogP contribution in [0.15, 0.2) is 52.4 Å². The van der Waals surface area contributed by atoms with Crippen molar-refractivity contribution in [3.8, 4) is 0 Å². The molecule has 1 aromatic rings. The first-order chi connectivity index (χ1) is 14.0. The number of esters is 3. The lowest BCUT2D eigenvalue weighted by molar-refractivity contribution is -0.146. The molecular weight excluding hydrogens is 394 g/mol. The van der Waals surface area contributed by atoms with Crippen LogP contribution < -0.4 is 4.90 Å². The van der Waals surface area contributed by atoms with Gasteiger partial charge in [-0.25, -0.2) is 14.4 Å². The molecule has 0 N–H and O–H groups in total. The standard InChI is InChI=1S/C21H25NO6S/c1-4-17(23)28-14-10-9-13-22-15-11-7-8-12-16(15)29-19(22)18(20(24)26-5-2)21(25)27-6-3/h4,7-8,11-12H,1,5-6,9-10,13-14H2,2-3H3. The summed E-state index contributed by atoms with van der Waals surface area (Å²) in [6.45, 7) is 7.85. The predicted octanol–water partition coefficient (Wildman–Crippen LogP) is 3.45. The molecule has 8 heteroatoms. The molecule has 0 atom stereocenters. The van der Waals surface area contributed by atoms with Crippen LogP contribution in [0.4, 0.5) is 5.69 Å². The Bertz CT molecular complexity index is 784. The van der Waals surface area contributed by atoms with Gasteiger partial charge in [0.15, 0.2) is 5.57 Å². The van der Waals surface area contributed by atoms with Crippen molar-refractivity contribution in [2.75, 3.05) is 31.3 Å². The smallest absolute Gasteiger partial charge is 0.348 e. The van der Waals surface area contributed by atoms with Crippen molar-refractivity contribution < 1.29 is 28.6 Å². The number of fused-ring (bicyclic) bond motifs is 1. The molecule has 0 unspecified atom stereocenters. The van der Waals surface area contributed by atoms with Gasteiger partial charge in [-0.2, -0.15) is 0 Å². The largest absolute Gasteiger partial charge is 0.463 e. The minimum Gasteiger partial charge on any atom is -0.463 e. The summed E-state index contributed by atoms with van der Waals surface area (Å²) in [5.74, 6) is -1.86. The molecule has 0 bridgehead atoms. The summed E-state index contributed by atoms with van der Waals surface area (Å²) in [6, 6.07) is 7.66. The Morgan fingerprint density at radius 2 is 1.69 bits per heavy atom. The number of nitrogens with zero attached hydrogens (tertiary/aromatic N) is 1. The SMILES string of the molecule is C=CC(=O)OCCCCN1C(=C(C(=O)OCC)C(=O)OCC)Sc2ccccc21. The van der Waals surface area contributed by atoms with Gasteiger partial charge >= 0.3 is 17.9 Å². The van der Waals surface area contributed by atoms with Crippen molar-refractivity contribution in [2.45, 2.75) is 31.6 Å². The first-order valence-electron chi connectivity index (χ1n) is 9.45. The highest BCUT2D eigenvalue weighted by Gasteiger charge is 2.34. The van der Waals surface area contributed by atoms with E-state index in [0.29, 0.717) is 24.4 Å². The first kappa shape index (κ1) is 22.5. The fourth-order valence-corrected chi connectivity index (χ4v) is 3.92. The highest BCUT2D eigenvalue weighted by Crippen LogP contribution is 2.47. The van der Waals surface area contributed by atoms with Crippen molar-refractivity contribution in [3.63, 3.8) is 0 Å². The number of benzene rings is 1. The highest BCUT2D eigenvalue weighted by molar-refractivity contribution is 8.03. The van der Waals surface area contributed by atoms with E-state index in [1.807, 2.05) is 29.2 Å². The van der Waals surface area contributed by atoms with Gasteiger partial charge in [-0.05, 0) is 38.8 Å². The molecule has 2 rings (SSSR count). The van der Waals surface area contributed by atoms with E-state index in [-0.39, 0.29) is 25.4 Å². The van der Waals surface area contributed by atoms with Crippen molar-refractivity contribution in [3.05, 3.63) is 47.5 Å². The van der Waals surface area contributed by atoms with Crippen LogP contribution in [0.5, 0.6) is 0 Å². The number of para-hydroxylation sites is 1. The molecule has 0 amide bonds. The van der Waals surface area contributed by atoms with Gasteiger partial charge in [0.1, 0.15) is 5.03 Å². The second-order valence-electron chi connectivity index (χ2n) is 5.92. The molecule has 1 aromatic carbocycles. The van der Waals surface area contributed by atoms with E-state index in [1.165, 1.54) is 11.8 Å². The third-order valence-corrected chi connectivity index (χ3v) is 5.15. The van der Waals surface area contributed by atoms with Gasteiger partial charge in [0.25, 0.3) is 0 Å². The molecule has 0 aliphatic carbocycles. The first-order valence-corrected chi connectivity index (χ1v) is 10.3. The molecule has 0 saturated heterocycles. The van der Waals surface area contributed by atoms with E-state index in [4.69, 9.17) is 14.2 Å². The minimum atomic E-state index is -0.703. The molecule has 7 nitrogen and oxygen atoms in total. The van der Waals surface area contributed by atoms with Gasteiger partial charge in [0, 0.05) is 17.5 Å². The Morgan fingerprint density at radius 3 is 2.31 bits per heavy atom. The van der Waals surface area contributed by atoms with Gasteiger partial charge in [-0.1, -0.05) is 30.5 Å². The monoisotopic (exact) mass is 419 g/mol. The number of thioether (sulfide) groups is 1. The average molecular weight is 419 g/mol. The number of hydrogen-bond donors (Lipinski definition) is 0. The summed E-state index contributed by atoms with van der Waals surface area (Å²) in [7, 11) is 0. The summed E-state index contributed by atoms with van der Waals surface area (Å²) in [6.07, 6.45) is 2.44. The third-order valence-electron chi connectivity index (χ3n) is 3.97. The molecule has 156 valence electrons. The zero-order chi connectivity index (χ0) is 21.2. The zero-order valence-electron chi connectivity index (χ0n) is 16.6. The lowest BCUT2D eigenvalue weighted by Gasteiger charge is -2.22. The second-order valence-corrected chi connectivity index (χ2v) is 6.95. The van der Waals surface area contributed by atoms with Crippen LogP contribution in [0.3, 0.4) is 0 Å². The van der Waals surface area contributed by atoms with Crippen molar-refractivity contribution in [1.29, 1.82) is 0 Å². The summed E-state index contributed by atoms with van der Waals surface area (Å²) >= 11 is 1.34. The quantitative estimate of drug-likeness (QED) is 0.142. The number of ether oxygens (including phenoxy) is 3. The minimum absolute atomic E-state index is 0.104. The zero-order valence-corrected chi connectivity index (χ0v) is 17.5. The Hall–Kier alpha value is -2.74. The van der Waals surface area contributed by atoms with Crippen LogP contribution in [0.2, 0.25) is 0 Å². The van der Waals surface area contributed by atoms with Gasteiger partial charge in [-0.3, -0.25) is 0 Å². The molecule has 1 heterocycles. The van der Waals surface area contributed by atoms with Crippen molar-refractivity contribution in [1.82, 2.24) is 0 Å². The van der Waals surface area contributed by atoms with E-state index >= 15 is 0 Å². The lowest BCUT2D eigenvalue weighted by Crippen LogP contribution is -2.27. The van der Waals surface area contributed by atoms with Crippen LogP contribution in [-0.2, 0) is 28.6 Å². The van der Waals surface area contributed by atoms with Crippen LogP contribution in [-0.4, -0.2) is 44.3 Å². The number of unbranched alkanes of at least 4 members (excludes halogenated alkanes) is 1. The van der Waals surface area contributed by atoms with Crippen molar-refractivity contribution in [2.24, 2.45) is 0 Å². The molecule has 0 fully saturated rings. The molecule has 0 aromatic heterocycles. The number of carbonyl (C=O) groups is 3. The summed E-state index contributed by atoms with van der Waals surface area (Å²) < 4.78 is 15.2. The maximum absolute atomic E-state index is 12.5. The summed E-state index contributed by atoms with van der Waals surface area (Å²) in [5, 5.41) is 0.492. The Morgan fingerprint density at radius 1 is 1.03 bits per heavy atom. The highest BCUT2D eigenvalue weighted by atomic mass is 32.2. The summed E-state index contributed by atoms with van der Waals surface area (Å²) in [4.78, 5) is 39.1. The van der Waals surface area contributed by atoms with Crippen molar-refractivity contribution >= 4 is 35.4 Å². The Labute approximate surface area is 174 Å². The maximum atomic E-state index is 12.5. The van der Waals surface area contributed by atoms with Crippen LogP contribution in [0.25, 0.3) is 0 Å². The molecular formula is C21H25NO6S. The molecule has 0 saturated carbocycles. The van der Waals surface area contributed by atoms with E-state index in [2.05, 4.69) is 6.58 Å². The van der Waals surface area contributed by atoms with E-state index < -0.39 is 17.9 Å². The topological polar surface area (TPSA) is 82.1 Å². The molecule has 0 spiro atoms. The van der Waals surface area contributed by atoms with Crippen LogP contribution in [0.1, 0.15) is 26.7 Å². The van der Waals surface area contributed by atoms with Crippen LogP contribution >= 0.6 is 11.8 Å². The van der Waals surface area contributed by atoms with Crippen LogP contribution in [0, 0.1) is 0 Å². The fourth-order valence-electron chi connectivity index (χ4n) is 2.71. The molecule has 29 heavy (non-hydrogen) atoms. The predicted molar refractivity (Wildman–Crippen MR) is 110 cm³/mol. The summed E-state index contributed by atoms with van der Waals surface area (Å²) in [5.41, 5.74) is 0.801. The van der Waals surface area contributed by atoms with Gasteiger partial charge in [0.05, 0.1) is 25.5 Å². The number of anilines is 1. The Kier molecular flexibility index (Phi) is 8.79. The second kappa shape index (κ2) is 11.3.